The molecule has 2 unspecified atom stereocenters. The van der Waals surface area contributed by atoms with Gasteiger partial charge in [0.2, 0.25) is 0 Å². The Balaban J connectivity index is 0.00000103. The molecule has 0 fully saturated rings. The summed E-state index contributed by atoms with van der Waals surface area (Å²) in [5.41, 5.74) is 4.02. The summed E-state index contributed by atoms with van der Waals surface area (Å²) in [4.78, 5) is 29.0. The first-order valence-electron chi connectivity index (χ1n) is 15.1. The van der Waals surface area contributed by atoms with Crippen molar-refractivity contribution in [2.75, 3.05) is 32.6 Å². The van der Waals surface area contributed by atoms with Crippen molar-refractivity contribution in [1.29, 1.82) is 0 Å². The van der Waals surface area contributed by atoms with Crippen molar-refractivity contribution in [3.05, 3.63) is 97.2 Å². The van der Waals surface area contributed by atoms with Crippen molar-refractivity contribution in [2.24, 2.45) is 10.9 Å². The van der Waals surface area contributed by atoms with Crippen LogP contribution in [0.5, 0.6) is 11.5 Å². The van der Waals surface area contributed by atoms with E-state index in [4.69, 9.17) is 26.4 Å². The number of fused-ring (bicyclic) bond motifs is 2. The van der Waals surface area contributed by atoms with E-state index in [1.165, 1.54) is 24.6 Å². The van der Waals surface area contributed by atoms with E-state index in [0.717, 1.165) is 54.9 Å². The Kier molecular flexibility index (Phi) is 20.3. The minimum atomic E-state index is 0. The molecule has 0 amide bonds. The van der Waals surface area contributed by atoms with Gasteiger partial charge in [-0.05, 0) is 70.1 Å². The Morgan fingerprint density at radius 1 is 1.31 bits per heavy atom. The van der Waals surface area contributed by atoms with E-state index in [2.05, 4.69) is 46.8 Å². The first-order chi connectivity index (χ1) is 22.3. The molecule has 12 heteroatoms. The SMILES string of the molecule is CN(C)C/C=C/[C-]=O.[CH-]=C/C(=C\[C-]=NC=[N-])Oc1ccc(Nc2ncnc3cc4c(nc23)C(C)C(CC[CH2-])CC[CH-]CO4)cc1C.[Li+].[Li+]. The smallest absolute Gasteiger partial charge is 0.577 e. The maximum Gasteiger partial charge on any atom is 1.00 e. The van der Waals surface area contributed by atoms with Gasteiger partial charge in [0.05, 0.1) is 11.2 Å². The van der Waals surface area contributed by atoms with Crippen molar-refractivity contribution in [3.8, 4) is 11.5 Å². The van der Waals surface area contributed by atoms with E-state index < -0.39 is 0 Å². The summed E-state index contributed by atoms with van der Waals surface area (Å²) >= 11 is 0. The van der Waals surface area contributed by atoms with Gasteiger partial charge in [0.1, 0.15) is 23.3 Å². The van der Waals surface area contributed by atoms with Gasteiger partial charge in [0.25, 0.3) is 0 Å². The number of nitrogens with one attached hydrogen (secondary N) is 1. The number of rotatable bonds is 12. The van der Waals surface area contributed by atoms with Crippen molar-refractivity contribution >= 4 is 41.4 Å². The quantitative estimate of drug-likeness (QED) is 0.0592. The number of hydrogen-bond donors (Lipinski definition) is 1. The van der Waals surface area contributed by atoms with Crippen molar-refractivity contribution in [3.63, 3.8) is 0 Å². The zero-order chi connectivity index (χ0) is 33.3. The molecule has 10 nitrogen and oxygen atoms in total. The Bertz CT molecular complexity index is 1560. The second-order valence-corrected chi connectivity index (χ2v) is 10.9. The van der Waals surface area contributed by atoms with Gasteiger partial charge < -0.3 is 41.8 Å². The number of hydrogen-bond acceptors (Lipinski definition) is 8. The monoisotopic (exact) mass is 633 g/mol. The number of benzene rings is 1. The normalized spacial score (nSPS) is 16.2. The number of allylic oxidation sites excluding steroid dienone is 3. The van der Waals surface area contributed by atoms with Crippen LogP contribution in [-0.4, -0.2) is 65.9 Å². The van der Waals surface area contributed by atoms with E-state index in [1.807, 2.05) is 50.2 Å². The topological polar surface area (TPSA) is 124 Å². The Hall–Kier alpha value is -3.51. The summed E-state index contributed by atoms with van der Waals surface area (Å²) in [6.07, 6.45) is 18.4. The summed E-state index contributed by atoms with van der Waals surface area (Å²) in [5, 5.41) is 12.0. The average molecular weight is 634 g/mol. The summed E-state index contributed by atoms with van der Waals surface area (Å²) in [6.45, 7) is 15.2. The molecule has 48 heavy (non-hydrogen) atoms. The molecule has 3 aromatic rings. The van der Waals surface area contributed by atoms with Gasteiger partial charge in [-0.2, -0.15) is 25.0 Å². The predicted molar refractivity (Wildman–Crippen MR) is 185 cm³/mol. The summed E-state index contributed by atoms with van der Waals surface area (Å²) in [6, 6.07) is 7.62. The van der Waals surface area contributed by atoms with Crippen molar-refractivity contribution < 1.29 is 52.0 Å². The van der Waals surface area contributed by atoms with E-state index in [0.29, 0.717) is 47.2 Å². The van der Waals surface area contributed by atoms with Crippen LogP contribution in [0.1, 0.15) is 49.8 Å². The zero-order valence-corrected chi connectivity index (χ0v) is 28.9. The second-order valence-electron chi connectivity index (χ2n) is 10.9. The minimum Gasteiger partial charge on any atom is -0.577 e. The first kappa shape index (κ1) is 42.5. The molecule has 0 aliphatic carbocycles. The predicted octanol–water partition coefficient (Wildman–Crippen LogP) is 0.807. The summed E-state index contributed by atoms with van der Waals surface area (Å²) in [7, 11) is 3.88. The van der Waals surface area contributed by atoms with E-state index >= 15 is 0 Å². The molecule has 1 aromatic carbocycles. The van der Waals surface area contributed by atoms with E-state index in [-0.39, 0.29) is 43.6 Å². The number of anilines is 2. The van der Waals surface area contributed by atoms with Crippen LogP contribution in [-0.2, 0) is 4.79 Å². The molecular weight excluding hydrogens is 592 g/mol. The molecule has 244 valence electrons. The van der Waals surface area contributed by atoms with Gasteiger partial charge in [-0.15, -0.1) is 6.08 Å². The minimum absolute atomic E-state index is 0. The third-order valence-electron chi connectivity index (χ3n) is 7.24. The number of aromatic nitrogens is 3. The summed E-state index contributed by atoms with van der Waals surface area (Å²) in [5.74, 6) is 3.03. The van der Waals surface area contributed by atoms with Crippen LogP contribution in [0.3, 0.4) is 0 Å². The largest absolute Gasteiger partial charge is 1.00 e. The number of nitrogens with zero attached hydrogens (tertiary/aromatic N) is 6. The molecule has 0 bridgehead atoms. The third kappa shape index (κ3) is 13.2. The van der Waals surface area contributed by atoms with Gasteiger partial charge >= 0.3 is 37.7 Å². The van der Waals surface area contributed by atoms with Gasteiger partial charge in [0.15, 0.2) is 5.82 Å². The fourth-order valence-electron chi connectivity index (χ4n) is 4.87. The van der Waals surface area contributed by atoms with Crippen LogP contribution >= 0.6 is 0 Å². The van der Waals surface area contributed by atoms with Crippen LogP contribution in [0.25, 0.3) is 16.4 Å². The Morgan fingerprint density at radius 2 is 2.10 bits per heavy atom. The van der Waals surface area contributed by atoms with Crippen molar-refractivity contribution in [1.82, 2.24) is 19.9 Å². The molecule has 1 aliphatic rings. The second kappa shape index (κ2) is 23.0. The number of likely N-dealkylation sites (N-methyl/N-ethyl adjacent to an activating group) is 1. The van der Waals surface area contributed by atoms with Crippen LogP contribution < -0.4 is 52.5 Å². The van der Waals surface area contributed by atoms with Crippen LogP contribution in [0.15, 0.2) is 65.6 Å². The number of carbonyl (C=O) groups excluding carboxylic acids is 1. The standard InChI is InChI=1S/C30H31N6O2.C6H10NO.2Li/c1-5-9-22-10-7-8-15-37-27-17-25-29(36-28(27)21(22)4)30(34-19-33-25)35-23-11-12-26(20(3)16-23)38-24(6-2)13-14-32-18-31;1-7(2)5-3-4-6-8;;/h2,6,8,11-13,16-19,21-22H,1,5,7,9-10,15H2,3-4H3,(H,33,34,35);3-4H,5H2,1-2H3;;/q-5;-1;2*+1/b24-13+;4-3+;;. The molecule has 0 spiro atoms. The first-order valence-corrected chi connectivity index (χ1v) is 15.1. The van der Waals surface area contributed by atoms with E-state index in [1.54, 1.807) is 12.4 Å². The molecule has 0 saturated heterocycles. The maximum atomic E-state index is 9.56. The molecule has 0 radical (unpaired) electrons. The number of pyridine rings is 1. The fourth-order valence-corrected chi connectivity index (χ4v) is 4.87. The molecule has 1 N–H and O–H groups in total. The third-order valence-corrected chi connectivity index (χ3v) is 7.24. The van der Waals surface area contributed by atoms with Gasteiger partial charge in [-0.3, -0.25) is 13.0 Å². The average Bonchev–Trinajstić information content (AvgIpc) is 3.11. The van der Waals surface area contributed by atoms with Gasteiger partial charge in [-0.1, -0.05) is 19.8 Å². The number of aliphatic imine (C=N–C) groups is 1. The fraction of sp³-hybridized carbons (Fsp3) is 0.333. The Labute approximate surface area is 309 Å². The number of aryl methyl sites for hydroxylation is 1. The summed E-state index contributed by atoms with van der Waals surface area (Å²) < 4.78 is 11.9. The van der Waals surface area contributed by atoms with E-state index in [9.17, 15) is 4.79 Å². The maximum absolute atomic E-state index is 9.56. The molecule has 3 heterocycles. The molecule has 4 rings (SSSR count). The molecule has 0 saturated carbocycles. The molecule has 1 aliphatic heterocycles. The molecule has 2 aromatic heterocycles. The molecular formula is C36H41Li2N7O3-4. The van der Waals surface area contributed by atoms with Crippen LogP contribution in [0, 0.1) is 32.8 Å². The van der Waals surface area contributed by atoms with Gasteiger partial charge in [-0.25, -0.2) is 33.6 Å². The van der Waals surface area contributed by atoms with Gasteiger partial charge in [0, 0.05) is 23.4 Å². The Morgan fingerprint density at radius 3 is 2.77 bits per heavy atom. The molecule has 2 atom stereocenters. The number of ether oxygens (including phenoxy) is 2. The van der Waals surface area contributed by atoms with Crippen LogP contribution in [0.4, 0.5) is 11.5 Å². The van der Waals surface area contributed by atoms with Crippen LogP contribution in [0.2, 0.25) is 0 Å². The van der Waals surface area contributed by atoms with Crippen molar-refractivity contribution in [2.45, 2.75) is 45.4 Å². The zero-order valence-electron chi connectivity index (χ0n) is 28.9.